The molecule has 0 saturated heterocycles. The monoisotopic (exact) mass is 312 g/mol. The van der Waals surface area contributed by atoms with Crippen LogP contribution < -0.4 is 0 Å². The SMILES string of the molecule is O=C(O)CCCCCCC(=O)O.O=C(O)c1ccccc1O. The molecule has 4 N–H and O–H groups in total. The number of aliphatic carboxylic acids is 2. The van der Waals surface area contributed by atoms with E-state index in [0.29, 0.717) is 12.8 Å². The van der Waals surface area contributed by atoms with E-state index in [2.05, 4.69) is 0 Å². The summed E-state index contributed by atoms with van der Waals surface area (Å²) in [6.45, 7) is 0. The van der Waals surface area contributed by atoms with Crippen molar-refractivity contribution in [1.29, 1.82) is 0 Å². The number of para-hydroxylation sites is 1. The van der Waals surface area contributed by atoms with E-state index in [1.54, 1.807) is 12.1 Å². The van der Waals surface area contributed by atoms with E-state index in [4.69, 9.17) is 20.4 Å². The molecule has 0 bridgehead atoms. The molecule has 1 aromatic carbocycles. The molecule has 7 nitrogen and oxygen atoms in total. The summed E-state index contributed by atoms with van der Waals surface area (Å²) < 4.78 is 0. The zero-order valence-electron chi connectivity index (χ0n) is 12.1. The van der Waals surface area contributed by atoms with Crippen LogP contribution in [0.2, 0.25) is 0 Å². The summed E-state index contributed by atoms with van der Waals surface area (Å²) in [5, 5.41) is 33.8. The van der Waals surface area contributed by atoms with Crippen LogP contribution in [0.25, 0.3) is 0 Å². The van der Waals surface area contributed by atoms with Gasteiger partial charge in [0.15, 0.2) is 0 Å². The molecule has 22 heavy (non-hydrogen) atoms. The first kappa shape index (κ1) is 19.4. The van der Waals surface area contributed by atoms with Crippen molar-refractivity contribution < 1.29 is 34.8 Å². The Bertz CT molecular complexity index is 478. The zero-order valence-corrected chi connectivity index (χ0v) is 12.1. The van der Waals surface area contributed by atoms with E-state index in [0.717, 1.165) is 12.8 Å². The second-order valence-corrected chi connectivity index (χ2v) is 4.52. The highest BCUT2D eigenvalue weighted by atomic mass is 16.4. The van der Waals surface area contributed by atoms with Gasteiger partial charge in [0.05, 0.1) is 0 Å². The number of hydrogen-bond acceptors (Lipinski definition) is 4. The number of carboxylic acids is 3. The third-order valence-electron chi connectivity index (χ3n) is 2.67. The van der Waals surface area contributed by atoms with Gasteiger partial charge >= 0.3 is 17.9 Å². The Kier molecular flexibility index (Phi) is 9.83. The Hall–Kier alpha value is -2.57. The molecule has 0 amide bonds. The molecule has 0 aromatic heterocycles. The summed E-state index contributed by atoms with van der Waals surface area (Å²) in [7, 11) is 0. The molecule has 0 radical (unpaired) electrons. The zero-order chi connectivity index (χ0) is 17.0. The van der Waals surface area contributed by atoms with Crippen LogP contribution in [0.4, 0.5) is 0 Å². The molecule has 0 heterocycles. The predicted molar refractivity (Wildman–Crippen MR) is 78.0 cm³/mol. The summed E-state index contributed by atoms with van der Waals surface area (Å²) in [4.78, 5) is 30.4. The normalized spacial score (nSPS) is 9.45. The molecular weight excluding hydrogens is 292 g/mol. The third kappa shape index (κ3) is 10.2. The average Bonchev–Trinajstić information content (AvgIpc) is 2.43. The van der Waals surface area contributed by atoms with Gasteiger partial charge in [0, 0.05) is 12.8 Å². The first-order chi connectivity index (χ1) is 10.3. The Morgan fingerprint density at radius 3 is 1.55 bits per heavy atom. The van der Waals surface area contributed by atoms with E-state index < -0.39 is 17.9 Å². The number of carbonyl (C=O) groups is 3. The molecule has 0 saturated carbocycles. The lowest BCUT2D eigenvalue weighted by Crippen LogP contribution is -1.95. The van der Waals surface area contributed by atoms with Crippen LogP contribution in [0.15, 0.2) is 24.3 Å². The third-order valence-corrected chi connectivity index (χ3v) is 2.67. The van der Waals surface area contributed by atoms with Crippen molar-refractivity contribution in [3.8, 4) is 5.75 Å². The molecule has 0 atom stereocenters. The second-order valence-electron chi connectivity index (χ2n) is 4.52. The van der Waals surface area contributed by atoms with Crippen molar-refractivity contribution >= 4 is 17.9 Å². The second kappa shape index (κ2) is 11.1. The summed E-state index contributed by atoms with van der Waals surface area (Å²) in [6, 6.07) is 5.81. The molecule has 0 aliphatic heterocycles. The van der Waals surface area contributed by atoms with Crippen molar-refractivity contribution in [2.45, 2.75) is 38.5 Å². The number of unbranched alkanes of at least 4 members (excludes halogenated alkanes) is 3. The highest BCUT2D eigenvalue weighted by molar-refractivity contribution is 5.90. The highest BCUT2D eigenvalue weighted by Gasteiger charge is 2.05. The number of phenols is 1. The Balaban J connectivity index is 0.000000406. The average molecular weight is 312 g/mol. The van der Waals surface area contributed by atoms with Crippen LogP contribution in [0, 0.1) is 0 Å². The van der Waals surface area contributed by atoms with Crippen LogP contribution in [-0.4, -0.2) is 38.3 Å². The van der Waals surface area contributed by atoms with Gasteiger partial charge in [-0.2, -0.15) is 0 Å². The molecular formula is C15H20O7. The van der Waals surface area contributed by atoms with Gasteiger partial charge in [-0.15, -0.1) is 0 Å². The van der Waals surface area contributed by atoms with E-state index in [1.807, 2.05) is 0 Å². The van der Waals surface area contributed by atoms with Crippen molar-refractivity contribution in [3.05, 3.63) is 29.8 Å². The van der Waals surface area contributed by atoms with Crippen LogP contribution in [0.5, 0.6) is 5.75 Å². The summed E-state index contributed by atoms with van der Waals surface area (Å²) in [6.07, 6.45) is 3.28. The van der Waals surface area contributed by atoms with E-state index in [9.17, 15) is 14.4 Å². The van der Waals surface area contributed by atoms with E-state index in [-0.39, 0.29) is 24.2 Å². The Labute approximate surface area is 127 Å². The van der Waals surface area contributed by atoms with Crippen molar-refractivity contribution in [2.75, 3.05) is 0 Å². The fourth-order valence-corrected chi connectivity index (χ4v) is 1.56. The number of hydrogen-bond donors (Lipinski definition) is 4. The topological polar surface area (TPSA) is 132 Å². The smallest absolute Gasteiger partial charge is 0.339 e. The van der Waals surface area contributed by atoms with Gasteiger partial charge in [-0.05, 0) is 25.0 Å². The Morgan fingerprint density at radius 1 is 0.773 bits per heavy atom. The lowest BCUT2D eigenvalue weighted by Gasteiger charge is -1.96. The van der Waals surface area contributed by atoms with Gasteiger partial charge < -0.3 is 20.4 Å². The lowest BCUT2D eigenvalue weighted by molar-refractivity contribution is -0.138. The number of aromatic carboxylic acids is 1. The minimum absolute atomic E-state index is 0.0671. The van der Waals surface area contributed by atoms with Crippen molar-refractivity contribution in [1.82, 2.24) is 0 Å². The highest BCUT2D eigenvalue weighted by Crippen LogP contribution is 2.14. The Morgan fingerprint density at radius 2 is 1.23 bits per heavy atom. The van der Waals surface area contributed by atoms with Crippen LogP contribution in [-0.2, 0) is 9.59 Å². The van der Waals surface area contributed by atoms with Gasteiger partial charge in [-0.3, -0.25) is 9.59 Å². The van der Waals surface area contributed by atoms with Gasteiger partial charge in [-0.1, -0.05) is 25.0 Å². The molecule has 1 rings (SSSR count). The minimum Gasteiger partial charge on any atom is -0.507 e. The van der Waals surface area contributed by atoms with E-state index >= 15 is 0 Å². The maximum absolute atomic E-state index is 10.3. The number of carboxylic acid groups (broad SMARTS) is 3. The van der Waals surface area contributed by atoms with Crippen LogP contribution >= 0.6 is 0 Å². The van der Waals surface area contributed by atoms with Crippen molar-refractivity contribution in [3.63, 3.8) is 0 Å². The summed E-state index contributed by atoms with van der Waals surface area (Å²) in [5.41, 5.74) is -0.0671. The van der Waals surface area contributed by atoms with Gasteiger partial charge in [-0.25, -0.2) is 4.79 Å². The summed E-state index contributed by atoms with van der Waals surface area (Å²) >= 11 is 0. The largest absolute Gasteiger partial charge is 0.507 e. The van der Waals surface area contributed by atoms with Gasteiger partial charge in [0.1, 0.15) is 11.3 Å². The molecule has 122 valence electrons. The summed E-state index contributed by atoms with van der Waals surface area (Å²) in [5.74, 6) is -2.88. The van der Waals surface area contributed by atoms with Crippen molar-refractivity contribution in [2.24, 2.45) is 0 Å². The van der Waals surface area contributed by atoms with Crippen LogP contribution in [0.1, 0.15) is 48.9 Å². The minimum atomic E-state index is -1.11. The molecule has 0 aliphatic rings. The number of aromatic hydroxyl groups is 1. The molecule has 0 fully saturated rings. The molecule has 7 heteroatoms. The number of benzene rings is 1. The fourth-order valence-electron chi connectivity index (χ4n) is 1.56. The van der Waals surface area contributed by atoms with E-state index in [1.165, 1.54) is 12.1 Å². The lowest BCUT2D eigenvalue weighted by atomic mass is 10.1. The van der Waals surface area contributed by atoms with Crippen LogP contribution in [0.3, 0.4) is 0 Å². The first-order valence-corrected chi connectivity index (χ1v) is 6.79. The molecule has 0 spiro atoms. The quantitative estimate of drug-likeness (QED) is 0.542. The van der Waals surface area contributed by atoms with Gasteiger partial charge in [0.25, 0.3) is 0 Å². The molecule has 1 aromatic rings. The molecule has 0 unspecified atom stereocenters. The maximum Gasteiger partial charge on any atom is 0.339 e. The predicted octanol–water partition coefficient (Wildman–Crippen LogP) is 2.59. The standard InChI is InChI=1S/C8H14O4.C7H6O3/c9-7(10)5-3-1-2-4-6-8(11)12;8-6-4-2-1-3-5(6)7(9)10/h1-6H2,(H,9,10)(H,11,12);1-4,8H,(H,9,10). The molecule has 0 aliphatic carbocycles. The number of rotatable bonds is 8. The fraction of sp³-hybridized carbons (Fsp3) is 0.400. The maximum atomic E-state index is 10.3. The van der Waals surface area contributed by atoms with Gasteiger partial charge in [0.2, 0.25) is 0 Å². The first-order valence-electron chi connectivity index (χ1n) is 6.79.